The molecule has 0 unspecified atom stereocenters. The third kappa shape index (κ3) is 3.73. The number of oxazole rings is 1. The van der Waals surface area contributed by atoms with E-state index < -0.39 is 6.10 Å². The fraction of sp³-hybridized carbons (Fsp3) is 0.632. The number of likely N-dealkylation sites (tertiary alicyclic amines) is 1. The second-order valence-corrected chi connectivity index (χ2v) is 7.17. The highest BCUT2D eigenvalue weighted by Gasteiger charge is 2.29. The molecule has 1 aliphatic heterocycles. The molecule has 130 valence electrons. The lowest BCUT2D eigenvalue weighted by molar-refractivity contribution is 0.0788. The molecule has 2 atom stereocenters. The van der Waals surface area contributed by atoms with E-state index in [0.717, 1.165) is 31.2 Å². The zero-order chi connectivity index (χ0) is 16.4. The van der Waals surface area contributed by atoms with Gasteiger partial charge in [0.05, 0.1) is 19.0 Å². The summed E-state index contributed by atoms with van der Waals surface area (Å²) in [5.74, 6) is 3.13. The molecule has 2 aliphatic rings. The topological polar surface area (TPSA) is 62.6 Å². The number of furan rings is 1. The molecule has 1 saturated carbocycles. The highest BCUT2D eigenvalue weighted by atomic mass is 16.4. The Balaban J connectivity index is 1.42. The van der Waals surface area contributed by atoms with Gasteiger partial charge in [0.15, 0.2) is 0 Å². The first kappa shape index (κ1) is 15.9. The van der Waals surface area contributed by atoms with Crippen LogP contribution in [0.3, 0.4) is 0 Å². The standard InChI is InChI=1S/C19H26N2O3/c22-16(17-6-4-10-23-17)11-15-5-2-1-3-9-21(15)13-19-20-12-18(24-19)14-7-8-14/h4,6,10,12,14-16,22H,1-3,5,7-9,11,13H2/t15-,16+/m0/s1. The number of rotatable bonds is 6. The maximum Gasteiger partial charge on any atom is 0.208 e. The Bertz CT molecular complexity index is 633. The molecule has 1 saturated heterocycles. The Morgan fingerprint density at radius 1 is 1.25 bits per heavy atom. The van der Waals surface area contributed by atoms with E-state index in [1.165, 1.54) is 32.1 Å². The highest BCUT2D eigenvalue weighted by Crippen LogP contribution is 2.40. The van der Waals surface area contributed by atoms with Crippen LogP contribution in [0.1, 0.15) is 74.4 Å². The summed E-state index contributed by atoms with van der Waals surface area (Å²) in [4.78, 5) is 6.91. The molecule has 0 radical (unpaired) electrons. The van der Waals surface area contributed by atoms with Crippen LogP contribution in [-0.4, -0.2) is 27.6 Å². The maximum atomic E-state index is 10.5. The fourth-order valence-electron chi connectivity index (χ4n) is 3.69. The zero-order valence-corrected chi connectivity index (χ0v) is 14.1. The Hall–Kier alpha value is -1.59. The number of aromatic nitrogens is 1. The molecule has 5 heteroatoms. The molecule has 0 bridgehead atoms. The Kier molecular flexibility index (Phi) is 4.72. The van der Waals surface area contributed by atoms with Gasteiger partial charge in [-0.1, -0.05) is 12.8 Å². The predicted molar refractivity (Wildman–Crippen MR) is 89.4 cm³/mol. The van der Waals surface area contributed by atoms with Gasteiger partial charge in [-0.2, -0.15) is 0 Å². The van der Waals surface area contributed by atoms with Crippen molar-refractivity contribution < 1.29 is 13.9 Å². The molecule has 0 amide bonds. The van der Waals surface area contributed by atoms with Crippen molar-refractivity contribution in [3.8, 4) is 0 Å². The zero-order valence-electron chi connectivity index (χ0n) is 14.1. The molecule has 24 heavy (non-hydrogen) atoms. The summed E-state index contributed by atoms with van der Waals surface area (Å²) in [6.07, 6.45) is 10.9. The van der Waals surface area contributed by atoms with E-state index in [-0.39, 0.29) is 0 Å². The SMILES string of the molecule is O[C@H](C[C@@H]1CCCCCN1Cc1ncc(C2CC2)o1)c1ccco1. The van der Waals surface area contributed by atoms with E-state index >= 15 is 0 Å². The molecule has 0 spiro atoms. The minimum atomic E-state index is -0.544. The molecular formula is C19H26N2O3. The predicted octanol–water partition coefficient (Wildman–Crippen LogP) is 4.01. The first-order valence-electron chi connectivity index (χ1n) is 9.19. The fourth-order valence-corrected chi connectivity index (χ4v) is 3.69. The van der Waals surface area contributed by atoms with Crippen molar-refractivity contribution in [1.82, 2.24) is 9.88 Å². The van der Waals surface area contributed by atoms with Gasteiger partial charge in [-0.3, -0.25) is 4.90 Å². The van der Waals surface area contributed by atoms with Crippen LogP contribution in [0.15, 0.2) is 33.4 Å². The van der Waals surface area contributed by atoms with Crippen molar-refractivity contribution in [2.45, 2.75) is 69.6 Å². The smallest absolute Gasteiger partial charge is 0.208 e. The van der Waals surface area contributed by atoms with Crippen LogP contribution in [0.4, 0.5) is 0 Å². The van der Waals surface area contributed by atoms with Gasteiger partial charge in [0.2, 0.25) is 5.89 Å². The molecule has 3 heterocycles. The van der Waals surface area contributed by atoms with Gasteiger partial charge in [-0.25, -0.2) is 4.98 Å². The van der Waals surface area contributed by atoms with E-state index in [4.69, 9.17) is 8.83 Å². The van der Waals surface area contributed by atoms with Gasteiger partial charge in [0.1, 0.15) is 17.6 Å². The van der Waals surface area contributed by atoms with Gasteiger partial charge in [0, 0.05) is 12.0 Å². The second-order valence-electron chi connectivity index (χ2n) is 7.17. The Labute approximate surface area is 142 Å². The van der Waals surface area contributed by atoms with Crippen LogP contribution >= 0.6 is 0 Å². The van der Waals surface area contributed by atoms with Gasteiger partial charge in [0.25, 0.3) is 0 Å². The number of hydrogen-bond acceptors (Lipinski definition) is 5. The van der Waals surface area contributed by atoms with Crippen molar-refractivity contribution in [2.24, 2.45) is 0 Å². The van der Waals surface area contributed by atoms with Gasteiger partial charge in [-0.05, 0) is 50.8 Å². The molecular weight excluding hydrogens is 304 g/mol. The summed E-state index contributed by atoms with van der Waals surface area (Å²) in [7, 11) is 0. The molecule has 4 rings (SSSR count). The van der Waals surface area contributed by atoms with Gasteiger partial charge >= 0.3 is 0 Å². The van der Waals surface area contributed by atoms with E-state index in [1.54, 1.807) is 6.26 Å². The van der Waals surface area contributed by atoms with Crippen molar-refractivity contribution in [1.29, 1.82) is 0 Å². The summed E-state index contributed by atoms with van der Waals surface area (Å²) in [6, 6.07) is 4.01. The van der Waals surface area contributed by atoms with Gasteiger partial charge in [-0.15, -0.1) is 0 Å². The van der Waals surface area contributed by atoms with E-state index in [0.29, 0.717) is 24.1 Å². The van der Waals surface area contributed by atoms with Crippen LogP contribution in [0.25, 0.3) is 0 Å². The van der Waals surface area contributed by atoms with E-state index in [9.17, 15) is 5.11 Å². The molecule has 1 aliphatic carbocycles. The Morgan fingerprint density at radius 3 is 2.96 bits per heavy atom. The van der Waals surface area contributed by atoms with Crippen molar-refractivity contribution >= 4 is 0 Å². The van der Waals surface area contributed by atoms with Crippen LogP contribution in [0.5, 0.6) is 0 Å². The summed E-state index contributed by atoms with van der Waals surface area (Å²) in [6.45, 7) is 1.78. The molecule has 2 fully saturated rings. The molecule has 0 aromatic carbocycles. The highest BCUT2D eigenvalue weighted by molar-refractivity contribution is 5.08. The first-order valence-corrected chi connectivity index (χ1v) is 9.19. The number of hydrogen-bond donors (Lipinski definition) is 1. The minimum Gasteiger partial charge on any atom is -0.467 e. The summed E-state index contributed by atoms with van der Waals surface area (Å²) >= 11 is 0. The average molecular weight is 330 g/mol. The normalized spacial score (nSPS) is 24.0. The molecule has 5 nitrogen and oxygen atoms in total. The lowest BCUT2D eigenvalue weighted by Crippen LogP contribution is -2.35. The number of aliphatic hydroxyl groups is 1. The third-order valence-corrected chi connectivity index (χ3v) is 5.26. The van der Waals surface area contributed by atoms with Crippen molar-refractivity contribution in [2.75, 3.05) is 6.54 Å². The van der Waals surface area contributed by atoms with Crippen LogP contribution in [0.2, 0.25) is 0 Å². The summed E-state index contributed by atoms with van der Waals surface area (Å²) in [5.41, 5.74) is 0. The van der Waals surface area contributed by atoms with Crippen LogP contribution in [0, 0.1) is 0 Å². The quantitative estimate of drug-likeness (QED) is 0.867. The second kappa shape index (κ2) is 7.11. The van der Waals surface area contributed by atoms with E-state index in [1.807, 2.05) is 18.3 Å². The minimum absolute atomic E-state index is 0.337. The van der Waals surface area contributed by atoms with E-state index in [2.05, 4.69) is 9.88 Å². The average Bonchev–Trinajstić information content (AvgIpc) is 3.15. The van der Waals surface area contributed by atoms with Crippen LogP contribution in [-0.2, 0) is 6.54 Å². The largest absolute Gasteiger partial charge is 0.467 e. The molecule has 2 aromatic heterocycles. The van der Waals surface area contributed by atoms with Crippen molar-refractivity contribution in [3.05, 3.63) is 42.0 Å². The lowest BCUT2D eigenvalue weighted by Gasteiger charge is -2.30. The van der Waals surface area contributed by atoms with Gasteiger partial charge < -0.3 is 13.9 Å². The van der Waals surface area contributed by atoms with Crippen molar-refractivity contribution in [3.63, 3.8) is 0 Å². The van der Waals surface area contributed by atoms with Crippen LogP contribution < -0.4 is 0 Å². The summed E-state index contributed by atoms with van der Waals surface area (Å²) in [5, 5.41) is 10.5. The summed E-state index contributed by atoms with van der Waals surface area (Å²) < 4.78 is 11.3. The molecule has 2 aromatic rings. The molecule has 1 N–H and O–H groups in total. The first-order chi connectivity index (χ1) is 11.8. The Morgan fingerprint density at radius 2 is 2.17 bits per heavy atom. The monoisotopic (exact) mass is 330 g/mol. The number of aliphatic hydroxyl groups excluding tert-OH is 1. The maximum absolute atomic E-state index is 10.5. The third-order valence-electron chi connectivity index (χ3n) is 5.26. The number of nitrogens with zero attached hydrogens (tertiary/aromatic N) is 2. The lowest BCUT2D eigenvalue weighted by atomic mass is 10.0.